The summed E-state index contributed by atoms with van der Waals surface area (Å²) >= 11 is 0. The highest BCUT2D eigenvalue weighted by molar-refractivity contribution is 4.66. The van der Waals surface area contributed by atoms with Crippen LogP contribution < -0.4 is 0 Å². The molecule has 0 rings (SSSR count). The van der Waals surface area contributed by atoms with Crippen LogP contribution in [0.5, 0.6) is 0 Å². The van der Waals surface area contributed by atoms with Crippen molar-refractivity contribution in [2.45, 2.75) is 213 Å². The van der Waals surface area contributed by atoms with Gasteiger partial charge in [-0.1, -0.05) is 206 Å². The molecule has 1 unspecified atom stereocenters. The van der Waals surface area contributed by atoms with E-state index in [-0.39, 0.29) is 0 Å². The van der Waals surface area contributed by atoms with Crippen LogP contribution in [0.3, 0.4) is 0 Å². The average molecular weight is 505 g/mol. The highest BCUT2D eigenvalue weighted by atomic mass is 14.1. The fraction of sp³-hybridized carbons (Fsp3) is 0.944. The van der Waals surface area contributed by atoms with Gasteiger partial charge in [0.2, 0.25) is 0 Å². The summed E-state index contributed by atoms with van der Waals surface area (Å²) in [6, 6.07) is 0. The molecule has 0 aliphatic rings. The second-order valence-electron chi connectivity index (χ2n) is 12.1. The normalized spacial score (nSPS) is 12.3. The van der Waals surface area contributed by atoms with Gasteiger partial charge in [-0.05, 0) is 18.8 Å². The predicted molar refractivity (Wildman–Crippen MR) is 168 cm³/mol. The van der Waals surface area contributed by atoms with E-state index in [1.165, 1.54) is 199 Å². The van der Waals surface area contributed by atoms with Crippen LogP contribution in [0.4, 0.5) is 0 Å². The van der Waals surface area contributed by atoms with E-state index >= 15 is 0 Å². The lowest BCUT2D eigenvalue weighted by molar-refractivity contribution is 0.365. The van der Waals surface area contributed by atoms with E-state index < -0.39 is 0 Å². The van der Waals surface area contributed by atoms with Crippen molar-refractivity contribution >= 4 is 0 Å². The van der Waals surface area contributed by atoms with Gasteiger partial charge in [-0.3, -0.25) is 0 Å². The molecule has 0 aromatic carbocycles. The van der Waals surface area contributed by atoms with Gasteiger partial charge in [0, 0.05) is 0 Å². The monoisotopic (exact) mass is 505 g/mol. The first-order valence-corrected chi connectivity index (χ1v) is 17.5. The van der Waals surface area contributed by atoms with E-state index in [1.54, 1.807) is 0 Å². The first-order valence-electron chi connectivity index (χ1n) is 17.5. The zero-order valence-electron chi connectivity index (χ0n) is 25.8. The Hall–Kier alpha value is -0.260. The zero-order chi connectivity index (χ0) is 26.2. The quantitative estimate of drug-likeness (QED) is 0.0631. The molecule has 0 bridgehead atoms. The lowest BCUT2D eigenvalue weighted by Gasteiger charge is -2.17. The van der Waals surface area contributed by atoms with Crippen molar-refractivity contribution in [3.63, 3.8) is 0 Å². The maximum Gasteiger partial charge on any atom is -0.0353 e. The fourth-order valence-corrected chi connectivity index (χ4v) is 5.88. The molecule has 0 aromatic rings. The molecule has 0 fully saturated rings. The molecule has 0 nitrogen and oxygen atoms in total. The van der Waals surface area contributed by atoms with Crippen molar-refractivity contribution in [2.24, 2.45) is 5.92 Å². The van der Waals surface area contributed by atoms with E-state index in [1.807, 2.05) is 0 Å². The Bertz CT molecular complexity index is 383. The molecule has 216 valence electrons. The van der Waals surface area contributed by atoms with Crippen LogP contribution in [0.1, 0.15) is 213 Å². The summed E-state index contributed by atoms with van der Waals surface area (Å²) in [7, 11) is 0. The van der Waals surface area contributed by atoms with Gasteiger partial charge in [0.15, 0.2) is 0 Å². The van der Waals surface area contributed by atoms with Crippen molar-refractivity contribution in [3.8, 4) is 0 Å². The first kappa shape index (κ1) is 35.7. The van der Waals surface area contributed by atoms with E-state index in [2.05, 4.69) is 26.5 Å². The Kier molecular flexibility index (Phi) is 32.5. The minimum absolute atomic E-state index is 1.02. The summed E-state index contributed by atoms with van der Waals surface area (Å²) in [6.07, 6.45) is 47.3. The highest BCUT2D eigenvalue weighted by Gasteiger charge is 2.09. The van der Waals surface area contributed by atoms with Crippen molar-refractivity contribution in [1.29, 1.82) is 0 Å². The largest absolute Gasteiger partial charge is 0.103 e. The first-order chi connectivity index (χ1) is 17.8. The number of rotatable bonds is 32. The number of unbranched alkanes of at least 4 members (excludes halogenated alkanes) is 25. The Morgan fingerprint density at radius 3 is 0.889 bits per heavy atom. The van der Waals surface area contributed by atoms with E-state index in [9.17, 15) is 0 Å². The minimum atomic E-state index is 1.02. The third kappa shape index (κ3) is 30.0. The van der Waals surface area contributed by atoms with Crippen LogP contribution >= 0.6 is 0 Å². The van der Waals surface area contributed by atoms with E-state index in [4.69, 9.17) is 0 Å². The Labute approximate surface area is 231 Å². The summed E-state index contributed by atoms with van der Waals surface area (Å²) in [6.45, 7) is 8.48. The van der Waals surface area contributed by atoms with Crippen molar-refractivity contribution in [2.75, 3.05) is 0 Å². The molecular formula is C36H72. The van der Waals surface area contributed by atoms with E-state index in [0.717, 1.165) is 5.92 Å². The van der Waals surface area contributed by atoms with Crippen LogP contribution in [-0.2, 0) is 0 Å². The molecular weight excluding hydrogens is 432 g/mol. The second-order valence-corrected chi connectivity index (χ2v) is 12.1. The molecule has 0 saturated heterocycles. The number of allylic oxidation sites excluding steroid dienone is 1. The van der Waals surface area contributed by atoms with Crippen LogP contribution in [0.15, 0.2) is 12.7 Å². The SMILES string of the molecule is C=CCCCCCCCC(CCCCCCCCCCCC)CCCCCCCCCCCCCC. The van der Waals surface area contributed by atoms with Gasteiger partial charge in [0.1, 0.15) is 0 Å². The molecule has 0 saturated carbocycles. The molecule has 0 heterocycles. The Morgan fingerprint density at radius 2 is 0.611 bits per heavy atom. The molecule has 0 heteroatoms. The summed E-state index contributed by atoms with van der Waals surface area (Å²) in [5.41, 5.74) is 0. The third-order valence-corrected chi connectivity index (χ3v) is 8.45. The molecule has 0 aliphatic heterocycles. The molecule has 0 radical (unpaired) electrons. The number of hydrogen-bond donors (Lipinski definition) is 0. The summed E-state index contributed by atoms with van der Waals surface area (Å²) in [5.74, 6) is 1.02. The highest BCUT2D eigenvalue weighted by Crippen LogP contribution is 2.25. The molecule has 0 amide bonds. The lowest BCUT2D eigenvalue weighted by atomic mass is 9.89. The Morgan fingerprint density at radius 1 is 0.361 bits per heavy atom. The van der Waals surface area contributed by atoms with Crippen LogP contribution in [0.25, 0.3) is 0 Å². The summed E-state index contributed by atoms with van der Waals surface area (Å²) in [5, 5.41) is 0. The average Bonchev–Trinajstić information content (AvgIpc) is 2.89. The van der Waals surface area contributed by atoms with Gasteiger partial charge in [-0.25, -0.2) is 0 Å². The second kappa shape index (κ2) is 32.8. The van der Waals surface area contributed by atoms with Gasteiger partial charge in [0.05, 0.1) is 0 Å². The maximum absolute atomic E-state index is 3.86. The molecule has 0 N–H and O–H groups in total. The van der Waals surface area contributed by atoms with Crippen LogP contribution in [0.2, 0.25) is 0 Å². The third-order valence-electron chi connectivity index (χ3n) is 8.45. The molecule has 0 spiro atoms. The summed E-state index contributed by atoms with van der Waals surface area (Å²) < 4.78 is 0. The van der Waals surface area contributed by atoms with Gasteiger partial charge in [-0.2, -0.15) is 0 Å². The molecule has 1 atom stereocenters. The minimum Gasteiger partial charge on any atom is -0.103 e. The van der Waals surface area contributed by atoms with Crippen LogP contribution in [0, 0.1) is 5.92 Å². The smallest absolute Gasteiger partial charge is 0.0353 e. The fourth-order valence-electron chi connectivity index (χ4n) is 5.88. The van der Waals surface area contributed by atoms with Crippen molar-refractivity contribution < 1.29 is 0 Å². The zero-order valence-corrected chi connectivity index (χ0v) is 25.8. The Balaban J connectivity index is 3.82. The van der Waals surface area contributed by atoms with E-state index in [0.29, 0.717) is 0 Å². The maximum atomic E-state index is 3.86. The van der Waals surface area contributed by atoms with Crippen molar-refractivity contribution in [3.05, 3.63) is 12.7 Å². The molecule has 36 heavy (non-hydrogen) atoms. The standard InChI is InChI=1S/C36H72/c1-4-7-10-13-16-18-20-21-23-26-29-32-35-36(33-30-27-24-15-12-9-6-3)34-31-28-25-22-19-17-14-11-8-5-2/h6,36H,3-5,7-35H2,1-2H3. The molecule has 0 aliphatic carbocycles. The van der Waals surface area contributed by atoms with Gasteiger partial charge >= 0.3 is 0 Å². The lowest BCUT2D eigenvalue weighted by Crippen LogP contribution is -2.01. The predicted octanol–water partition coefficient (Wildman–Crippen LogP) is 13.9. The van der Waals surface area contributed by atoms with Crippen molar-refractivity contribution in [1.82, 2.24) is 0 Å². The van der Waals surface area contributed by atoms with Gasteiger partial charge in [0.25, 0.3) is 0 Å². The van der Waals surface area contributed by atoms with Gasteiger partial charge < -0.3 is 0 Å². The van der Waals surface area contributed by atoms with Gasteiger partial charge in [-0.15, -0.1) is 6.58 Å². The van der Waals surface area contributed by atoms with Crippen LogP contribution in [-0.4, -0.2) is 0 Å². The topological polar surface area (TPSA) is 0 Å². The number of hydrogen-bond acceptors (Lipinski definition) is 0. The summed E-state index contributed by atoms with van der Waals surface area (Å²) in [4.78, 5) is 0. The molecule has 0 aromatic heterocycles.